The lowest BCUT2D eigenvalue weighted by molar-refractivity contribution is 0.621. The third kappa shape index (κ3) is 4.06. The second-order valence-corrected chi connectivity index (χ2v) is 5.31. The van der Waals surface area contributed by atoms with Gasteiger partial charge in [-0.25, -0.2) is 3.21 Å². The highest BCUT2D eigenvalue weighted by atomic mass is 127. The molecular weight excluding hydrogens is 424 g/mol. The monoisotopic (exact) mass is 437 g/mol. The summed E-state index contributed by atoms with van der Waals surface area (Å²) in [5.74, 6) is 6.31. The summed E-state index contributed by atoms with van der Waals surface area (Å²) in [7, 11) is 0. The van der Waals surface area contributed by atoms with Gasteiger partial charge >= 0.3 is 0 Å². The number of halogens is 2. The third-order valence-corrected chi connectivity index (χ3v) is 4.55. The zero-order chi connectivity index (χ0) is 12.0. The minimum Gasteiger partial charge on any atom is -0.210 e. The first-order chi connectivity index (χ1) is 7.60. The minimum atomic E-state index is 0.0452. The quantitative estimate of drug-likeness (QED) is 0.284. The molecule has 0 radical (unpaired) electrons. The van der Waals surface area contributed by atoms with Gasteiger partial charge < -0.3 is 0 Å². The molecule has 16 heavy (non-hydrogen) atoms. The summed E-state index contributed by atoms with van der Waals surface area (Å²) in [6.07, 6.45) is 0. The van der Waals surface area contributed by atoms with Gasteiger partial charge in [0.25, 0.3) is 0 Å². The number of rotatable bonds is 2. The van der Waals surface area contributed by atoms with Crippen LogP contribution in [0.15, 0.2) is 33.5 Å². The van der Waals surface area contributed by atoms with E-state index in [4.69, 9.17) is 0 Å². The van der Waals surface area contributed by atoms with Crippen LogP contribution in [0.4, 0.5) is 0 Å². The lowest BCUT2D eigenvalue weighted by atomic mass is 9.90. The highest BCUT2D eigenvalue weighted by Gasteiger charge is 2.21. The average molecular weight is 437 g/mol. The molecule has 0 amide bonds. The Hall–Kier alpha value is -0.0900. The van der Waals surface area contributed by atoms with Gasteiger partial charge in [0.1, 0.15) is 5.71 Å². The summed E-state index contributed by atoms with van der Waals surface area (Å²) in [5.41, 5.74) is 2.03. The van der Waals surface area contributed by atoms with Crippen LogP contribution in [0.5, 0.6) is 0 Å². The van der Waals surface area contributed by atoms with E-state index in [1.165, 1.54) is 0 Å². The maximum absolute atomic E-state index is 4.25. The largest absolute Gasteiger partial charge is 0.210 e. The van der Waals surface area contributed by atoms with Crippen LogP contribution in [0.2, 0.25) is 0 Å². The number of nitrogens with zero attached hydrogens (tertiary/aromatic N) is 1. The Morgan fingerprint density at radius 3 is 2.44 bits per heavy atom. The van der Waals surface area contributed by atoms with Gasteiger partial charge in [-0.05, 0) is 18.1 Å². The summed E-state index contributed by atoms with van der Waals surface area (Å²) < 4.78 is 5.26. The SMILES string of the molecule is CC(C)(CI)C(C#Cc1ccccc1)=NI. The van der Waals surface area contributed by atoms with Crippen molar-refractivity contribution in [1.82, 2.24) is 0 Å². The predicted octanol–water partition coefficient (Wildman–Crippen LogP) is 4.29. The predicted molar refractivity (Wildman–Crippen MR) is 87.4 cm³/mol. The van der Waals surface area contributed by atoms with E-state index in [0.29, 0.717) is 0 Å². The lowest BCUT2D eigenvalue weighted by Gasteiger charge is -2.19. The molecule has 0 aliphatic heterocycles. The first-order valence-electron chi connectivity index (χ1n) is 4.92. The maximum Gasteiger partial charge on any atom is 0.103 e. The Bertz CT molecular complexity index is 424. The highest BCUT2D eigenvalue weighted by molar-refractivity contribution is 14.1. The second kappa shape index (κ2) is 6.60. The zero-order valence-corrected chi connectivity index (χ0v) is 13.6. The molecule has 1 aromatic rings. The molecule has 0 heterocycles. The molecule has 0 bridgehead atoms. The Morgan fingerprint density at radius 1 is 1.31 bits per heavy atom. The number of benzene rings is 1. The zero-order valence-electron chi connectivity index (χ0n) is 9.30. The van der Waals surface area contributed by atoms with Crippen molar-refractivity contribution in [2.24, 2.45) is 8.62 Å². The molecule has 0 spiro atoms. The molecule has 1 nitrogen and oxygen atoms in total. The molecule has 0 fully saturated rings. The Morgan fingerprint density at radius 2 is 1.94 bits per heavy atom. The summed E-state index contributed by atoms with van der Waals surface area (Å²) in [6.45, 7) is 4.33. The molecular formula is C13H13I2N. The molecule has 0 saturated carbocycles. The first kappa shape index (κ1) is 14.0. The fourth-order valence-electron chi connectivity index (χ4n) is 1.02. The molecule has 0 atom stereocenters. The normalized spacial score (nSPS) is 11.9. The van der Waals surface area contributed by atoms with Crippen molar-refractivity contribution < 1.29 is 0 Å². The Balaban J connectivity index is 2.93. The van der Waals surface area contributed by atoms with Gasteiger partial charge in [-0.2, -0.15) is 0 Å². The number of hydrogen-bond acceptors (Lipinski definition) is 1. The Kier molecular flexibility index (Phi) is 5.76. The third-order valence-electron chi connectivity index (χ3n) is 2.16. The van der Waals surface area contributed by atoms with E-state index in [0.717, 1.165) is 15.7 Å². The van der Waals surface area contributed by atoms with E-state index in [1.54, 1.807) is 0 Å². The van der Waals surface area contributed by atoms with Crippen molar-refractivity contribution in [3.05, 3.63) is 35.9 Å². The summed E-state index contributed by atoms with van der Waals surface area (Å²) in [5, 5.41) is 0. The van der Waals surface area contributed by atoms with E-state index >= 15 is 0 Å². The number of hydrogen-bond donors (Lipinski definition) is 0. The fourth-order valence-corrected chi connectivity index (χ4v) is 2.16. The molecule has 0 aliphatic carbocycles. The van der Waals surface area contributed by atoms with Gasteiger partial charge in [0.2, 0.25) is 0 Å². The van der Waals surface area contributed by atoms with Gasteiger partial charge in [0.15, 0.2) is 0 Å². The van der Waals surface area contributed by atoms with Crippen molar-refractivity contribution >= 4 is 51.2 Å². The van der Waals surface area contributed by atoms with Crippen molar-refractivity contribution in [3.8, 4) is 11.8 Å². The van der Waals surface area contributed by atoms with Gasteiger partial charge in [-0.1, -0.05) is 60.6 Å². The van der Waals surface area contributed by atoms with Gasteiger partial charge in [0, 0.05) is 15.4 Å². The van der Waals surface area contributed by atoms with Crippen LogP contribution in [0.1, 0.15) is 19.4 Å². The van der Waals surface area contributed by atoms with Crippen LogP contribution in [0.25, 0.3) is 0 Å². The summed E-state index contributed by atoms with van der Waals surface area (Å²) in [4.78, 5) is 0. The van der Waals surface area contributed by atoms with E-state index in [9.17, 15) is 0 Å². The molecule has 3 heteroatoms. The van der Waals surface area contributed by atoms with Crippen LogP contribution in [0.3, 0.4) is 0 Å². The fraction of sp³-hybridized carbons (Fsp3) is 0.308. The van der Waals surface area contributed by atoms with Gasteiger partial charge in [-0.3, -0.25) is 0 Å². The van der Waals surface area contributed by atoms with E-state index < -0.39 is 0 Å². The van der Waals surface area contributed by atoms with E-state index in [2.05, 4.69) is 51.5 Å². The van der Waals surface area contributed by atoms with Crippen LogP contribution >= 0.6 is 45.5 Å². The molecule has 0 unspecified atom stereocenters. The lowest BCUT2D eigenvalue weighted by Crippen LogP contribution is -2.24. The van der Waals surface area contributed by atoms with Crippen molar-refractivity contribution in [3.63, 3.8) is 0 Å². The summed E-state index contributed by atoms with van der Waals surface area (Å²) in [6, 6.07) is 10.00. The minimum absolute atomic E-state index is 0.0452. The van der Waals surface area contributed by atoms with Crippen molar-refractivity contribution in [2.75, 3.05) is 4.43 Å². The first-order valence-corrected chi connectivity index (χ1v) is 7.41. The molecule has 84 valence electrons. The van der Waals surface area contributed by atoms with Crippen LogP contribution in [-0.4, -0.2) is 10.1 Å². The van der Waals surface area contributed by atoms with Gasteiger partial charge in [-0.15, -0.1) is 0 Å². The molecule has 1 rings (SSSR count). The molecule has 1 aromatic carbocycles. The van der Waals surface area contributed by atoms with Crippen molar-refractivity contribution in [2.45, 2.75) is 13.8 Å². The highest BCUT2D eigenvalue weighted by Crippen LogP contribution is 2.21. The molecule has 0 saturated heterocycles. The average Bonchev–Trinajstić information content (AvgIpc) is 2.31. The van der Waals surface area contributed by atoms with Gasteiger partial charge in [0.05, 0.1) is 22.9 Å². The van der Waals surface area contributed by atoms with E-state index in [1.807, 2.05) is 53.2 Å². The summed E-state index contributed by atoms with van der Waals surface area (Å²) >= 11 is 4.39. The van der Waals surface area contributed by atoms with Crippen LogP contribution < -0.4 is 0 Å². The maximum atomic E-state index is 4.25. The van der Waals surface area contributed by atoms with Crippen molar-refractivity contribution in [1.29, 1.82) is 0 Å². The smallest absolute Gasteiger partial charge is 0.103 e. The standard InChI is InChI=1S/C13H13I2N/c1-13(2,10-14)12(16-15)9-8-11-6-4-3-5-7-11/h3-7H,10H2,1-2H3. The molecule has 0 aliphatic rings. The topological polar surface area (TPSA) is 12.4 Å². The molecule has 0 N–H and O–H groups in total. The van der Waals surface area contributed by atoms with Crippen LogP contribution in [0, 0.1) is 17.3 Å². The van der Waals surface area contributed by atoms with Crippen LogP contribution in [-0.2, 0) is 0 Å². The van der Waals surface area contributed by atoms with E-state index in [-0.39, 0.29) is 5.41 Å². The second-order valence-electron chi connectivity index (χ2n) is 4.07. The Labute approximate surface area is 125 Å². The number of alkyl halides is 1. The molecule has 0 aromatic heterocycles.